The highest BCUT2D eigenvalue weighted by atomic mass is 32.2. The molecule has 3 N–H and O–H groups in total. The van der Waals surface area contributed by atoms with E-state index in [-0.39, 0.29) is 29.6 Å². The van der Waals surface area contributed by atoms with Crippen molar-refractivity contribution >= 4 is 21.4 Å². The van der Waals surface area contributed by atoms with Gasteiger partial charge in [-0.3, -0.25) is 4.79 Å². The number of nitrogens with one attached hydrogen (secondary N) is 1. The summed E-state index contributed by atoms with van der Waals surface area (Å²) in [4.78, 5) is 20.1. The van der Waals surface area contributed by atoms with E-state index in [1.54, 1.807) is 0 Å². The van der Waals surface area contributed by atoms with Gasteiger partial charge in [0.05, 0.1) is 17.6 Å². The predicted octanol–water partition coefficient (Wildman–Crippen LogP) is 0.347. The number of nitrogen functional groups attached to an aromatic ring is 1. The molecule has 112 valence electrons. The van der Waals surface area contributed by atoms with E-state index < -0.39 is 15.7 Å². The largest absolute Gasteiger partial charge is 0.396 e. The van der Waals surface area contributed by atoms with Crippen LogP contribution in [0.15, 0.2) is 6.20 Å². The zero-order valence-electron chi connectivity index (χ0n) is 11.9. The SMILES string of the molecule is CC(C)c1ncc(N)c(C(=O)NCCCS(C)(=O)=O)n1. The van der Waals surface area contributed by atoms with Crippen LogP contribution in [0.1, 0.15) is 42.5 Å². The summed E-state index contributed by atoms with van der Waals surface area (Å²) in [5.41, 5.74) is 6.01. The van der Waals surface area contributed by atoms with E-state index in [1.807, 2.05) is 13.8 Å². The Morgan fingerprint density at radius 2 is 2.10 bits per heavy atom. The van der Waals surface area contributed by atoms with Crippen molar-refractivity contribution in [1.29, 1.82) is 0 Å². The molecule has 0 bridgehead atoms. The van der Waals surface area contributed by atoms with Crippen LogP contribution in [0.3, 0.4) is 0 Å². The van der Waals surface area contributed by atoms with Gasteiger partial charge in [0.25, 0.3) is 5.91 Å². The maximum Gasteiger partial charge on any atom is 0.272 e. The second-order valence-electron chi connectivity index (χ2n) is 4.93. The Hall–Kier alpha value is -1.70. The molecule has 0 aliphatic carbocycles. The molecule has 1 amide bonds. The molecule has 1 aromatic heterocycles. The lowest BCUT2D eigenvalue weighted by Gasteiger charge is -2.09. The second kappa shape index (κ2) is 6.65. The first-order chi connectivity index (χ1) is 9.20. The third kappa shape index (κ3) is 5.12. The highest BCUT2D eigenvalue weighted by Gasteiger charge is 2.14. The average Bonchev–Trinajstić information content (AvgIpc) is 2.33. The summed E-state index contributed by atoms with van der Waals surface area (Å²) in [7, 11) is -3.01. The number of aromatic nitrogens is 2. The van der Waals surface area contributed by atoms with Crippen molar-refractivity contribution in [2.45, 2.75) is 26.2 Å². The molecule has 20 heavy (non-hydrogen) atoms. The van der Waals surface area contributed by atoms with E-state index >= 15 is 0 Å². The van der Waals surface area contributed by atoms with Gasteiger partial charge in [-0.2, -0.15) is 0 Å². The number of hydrogen-bond donors (Lipinski definition) is 2. The Bertz CT molecular complexity index is 584. The van der Waals surface area contributed by atoms with Gasteiger partial charge in [0.1, 0.15) is 15.7 Å². The molecular formula is C12H20N4O3S. The summed E-state index contributed by atoms with van der Waals surface area (Å²) in [5, 5.41) is 2.60. The fraction of sp³-hybridized carbons (Fsp3) is 0.583. The maximum atomic E-state index is 11.9. The van der Waals surface area contributed by atoms with Crippen LogP contribution in [0.25, 0.3) is 0 Å². The number of hydrogen-bond acceptors (Lipinski definition) is 6. The molecule has 0 saturated heterocycles. The molecule has 0 fully saturated rings. The van der Waals surface area contributed by atoms with E-state index in [1.165, 1.54) is 6.20 Å². The fourth-order valence-corrected chi connectivity index (χ4v) is 2.15. The Kier molecular flexibility index (Phi) is 5.43. The van der Waals surface area contributed by atoms with Crippen LogP contribution in [-0.4, -0.2) is 42.8 Å². The van der Waals surface area contributed by atoms with Gasteiger partial charge in [-0.15, -0.1) is 0 Å². The minimum atomic E-state index is -3.01. The van der Waals surface area contributed by atoms with Crippen molar-refractivity contribution < 1.29 is 13.2 Å². The lowest BCUT2D eigenvalue weighted by atomic mass is 10.2. The van der Waals surface area contributed by atoms with Gasteiger partial charge in [0.15, 0.2) is 5.69 Å². The Labute approximate surface area is 118 Å². The number of amides is 1. The lowest BCUT2D eigenvalue weighted by molar-refractivity contribution is 0.0949. The van der Waals surface area contributed by atoms with Crippen molar-refractivity contribution in [2.75, 3.05) is 24.3 Å². The number of nitrogens with zero attached hydrogens (tertiary/aromatic N) is 2. The predicted molar refractivity (Wildman–Crippen MR) is 77.2 cm³/mol. The molecule has 0 aliphatic heterocycles. The zero-order valence-corrected chi connectivity index (χ0v) is 12.7. The van der Waals surface area contributed by atoms with Gasteiger partial charge in [-0.1, -0.05) is 13.8 Å². The molecular weight excluding hydrogens is 280 g/mol. The van der Waals surface area contributed by atoms with Crippen LogP contribution in [0.5, 0.6) is 0 Å². The highest BCUT2D eigenvalue weighted by molar-refractivity contribution is 7.90. The normalized spacial score (nSPS) is 11.6. The number of anilines is 1. The van der Waals surface area contributed by atoms with Gasteiger partial charge in [-0.25, -0.2) is 18.4 Å². The Balaban J connectivity index is 2.65. The molecule has 0 aliphatic rings. The summed E-state index contributed by atoms with van der Waals surface area (Å²) < 4.78 is 21.9. The van der Waals surface area contributed by atoms with Crippen LogP contribution in [-0.2, 0) is 9.84 Å². The molecule has 1 aromatic rings. The van der Waals surface area contributed by atoms with Crippen molar-refractivity contribution in [3.63, 3.8) is 0 Å². The summed E-state index contributed by atoms with van der Waals surface area (Å²) in [6.07, 6.45) is 2.92. The van der Waals surface area contributed by atoms with E-state index in [0.29, 0.717) is 12.2 Å². The molecule has 0 aromatic carbocycles. The topological polar surface area (TPSA) is 115 Å². The smallest absolute Gasteiger partial charge is 0.272 e. The molecule has 0 saturated carbocycles. The first-order valence-electron chi connectivity index (χ1n) is 6.29. The van der Waals surface area contributed by atoms with Gasteiger partial charge in [0.2, 0.25) is 0 Å². The molecule has 0 unspecified atom stereocenters. The van der Waals surface area contributed by atoms with E-state index in [2.05, 4.69) is 15.3 Å². The molecule has 0 radical (unpaired) electrons. The maximum absolute atomic E-state index is 11.9. The van der Waals surface area contributed by atoms with Crippen molar-refractivity contribution in [3.05, 3.63) is 17.7 Å². The molecule has 7 nitrogen and oxygen atoms in total. The Morgan fingerprint density at radius 1 is 1.45 bits per heavy atom. The number of rotatable bonds is 6. The fourth-order valence-electron chi connectivity index (χ4n) is 1.48. The summed E-state index contributed by atoms with van der Waals surface area (Å²) in [6, 6.07) is 0. The van der Waals surface area contributed by atoms with Crippen molar-refractivity contribution in [1.82, 2.24) is 15.3 Å². The third-order valence-electron chi connectivity index (χ3n) is 2.54. The van der Waals surface area contributed by atoms with E-state index in [0.717, 1.165) is 6.26 Å². The van der Waals surface area contributed by atoms with Crippen LogP contribution in [0.2, 0.25) is 0 Å². The van der Waals surface area contributed by atoms with Crippen LogP contribution >= 0.6 is 0 Å². The summed E-state index contributed by atoms with van der Waals surface area (Å²) >= 11 is 0. The molecule has 1 heterocycles. The lowest BCUT2D eigenvalue weighted by Crippen LogP contribution is -2.28. The summed E-state index contributed by atoms with van der Waals surface area (Å²) in [6.45, 7) is 4.09. The first kappa shape index (κ1) is 16.4. The third-order valence-corrected chi connectivity index (χ3v) is 3.57. The van der Waals surface area contributed by atoms with Gasteiger partial charge >= 0.3 is 0 Å². The van der Waals surface area contributed by atoms with Gasteiger partial charge < -0.3 is 11.1 Å². The van der Waals surface area contributed by atoms with Crippen LogP contribution in [0.4, 0.5) is 5.69 Å². The quantitative estimate of drug-likeness (QED) is 0.732. The van der Waals surface area contributed by atoms with E-state index in [9.17, 15) is 13.2 Å². The molecule has 0 spiro atoms. The van der Waals surface area contributed by atoms with E-state index in [4.69, 9.17) is 5.73 Å². The molecule has 8 heteroatoms. The first-order valence-corrected chi connectivity index (χ1v) is 8.35. The minimum absolute atomic E-state index is 0.0315. The highest BCUT2D eigenvalue weighted by Crippen LogP contribution is 2.13. The average molecular weight is 300 g/mol. The molecule has 1 rings (SSSR count). The monoisotopic (exact) mass is 300 g/mol. The zero-order chi connectivity index (χ0) is 15.3. The standard InChI is InChI=1S/C12H20N4O3S/c1-8(2)11-15-7-9(13)10(16-11)12(17)14-5-4-6-20(3,18)19/h7-8H,4-6,13H2,1-3H3,(H,14,17). The number of carbonyl (C=O) groups excluding carboxylic acids is 1. The minimum Gasteiger partial charge on any atom is -0.396 e. The summed E-state index contributed by atoms with van der Waals surface area (Å²) in [5.74, 6) is 0.247. The van der Waals surface area contributed by atoms with Crippen molar-refractivity contribution in [3.8, 4) is 0 Å². The van der Waals surface area contributed by atoms with Gasteiger partial charge in [0, 0.05) is 18.7 Å². The second-order valence-corrected chi connectivity index (χ2v) is 7.19. The van der Waals surface area contributed by atoms with Crippen molar-refractivity contribution in [2.24, 2.45) is 0 Å². The van der Waals surface area contributed by atoms with Crippen LogP contribution in [0, 0.1) is 0 Å². The number of sulfone groups is 1. The van der Waals surface area contributed by atoms with Crippen LogP contribution < -0.4 is 11.1 Å². The number of nitrogens with two attached hydrogens (primary N) is 1. The Morgan fingerprint density at radius 3 is 2.65 bits per heavy atom. The molecule has 0 atom stereocenters. The van der Waals surface area contributed by atoms with Gasteiger partial charge in [-0.05, 0) is 6.42 Å². The number of carbonyl (C=O) groups is 1.